The molecule has 1 aromatic rings. The van der Waals surface area contributed by atoms with Gasteiger partial charge in [0.25, 0.3) is 0 Å². The van der Waals surface area contributed by atoms with Crippen LogP contribution in [-0.4, -0.2) is 41.5 Å². The van der Waals surface area contributed by atoms with Crippen LogP contribution in [0.1, 0.15) is 22.5 Å². The van der Waals surface area contributed by atoms with E-state index in [0.29, 0.717) is 22.7 Å². The Morgan fingerprint density at radius 1 is 1.44 bits per heavy atom. The molecule has 1 aliphatic carbocycles. The highest BCUT2D eigenvalue weighted by atomic mass is 35.5. The highest BCUT2D eigenvalue weighted by Crippen LogP contribution is 2.38. The average molecular weight is 286 g/mol. The smallest absolute Gasteiger partial charge is 0.186 e. The van der Waals surface area contributed by atoms with E-state index in [0.717, 1.165) is 30.8 Å². The van der Waals surface area contributed by atoms with E-state index in [1.807, 2.05) is 0 Å². The number of nitrogens with zero attached hydrogens (tertiary/aromatic N) is 1. The first-order valence-electron chi connectivity index (χ1n) is 6.32. The van der Waals surface area contributed by atoms with Gasteiger partial charge in [0.2, 0.25) is 0 Å². The van der Waals surface area contributed by atoms with Crippen molar-refractivity contribution in [3.63, 3.8) is 0 Å². The van der Waals surface area contributed by atoms with Crippen molar-refractivity contribution in [2.75, 3.05) is 19.6 Å². The fourth-order valence-electron chi connectivity index (χ4n) is 3.20. The van der Waals surface area contributed by atoms with Gasteiger partial charge in [-0.2, -0.15) is 0 Å². The van der Waals surface area contributed by atoms with Crippen LogP contribution < -0.4 is 0 Å². The summed E-state index contributed by atoms with van der Waals surface area (Å²) in [6.07, 6.45) is 1.87. The first kappa shape index (κ1) is 12.6. The summed E-state index contributed by atoms with van der Waals surface area (Å²) in [5, 5.41) is 9.84. The molecule has 1 saturated carbocycles. The van der Waals surface area contributed by atoms with Crippen molar-refractivity contribution in [1.29, 1.82) is 0 Å². The molecular formula is C13H16ClNO2S. The number of likely N-dealkylation sites (tertiary alicyclic amines) is 1. The topological polar surface area (TPSA) is 40.5 Å². The number of carbonyl (C=O) groups is 1. The van der Waals surface area contributed by atoms with Crippen molar-refractivity contribution in [1.82, 2.24) is 4.90 Å². The number of aliphatic hydroxyl groups excluding tert-OH is 1. The van der Waals surface area contributed by atoms with Crippen molar-refractivity contribution in [2.24, 2.45) is 11.8 Å². The molecule has 3 rings (SSSR count). The summed E-state index contributed by atoms with van der Waals surface area (Å²) >= 11 is 7.18. The number of hydrogen-bond acceptors (Lipinski definition) is 4. The van der Waals surface area contributed by atoms with Crippen LogP contribution in [0.15, 0.2) is 12.1 Å². The normalized spacial score (nSPS) is 31.8. The number of Topliss-reactive ketones (excluding diaryl/α,β-unsaturated/α-hetero) is 1. The van der Waals surface area contributed by atoms with Crippen molar-refractivity contribution < 1.29 is 9.90 Å². The van der Waals surface area contributed by atoms with E-state index in [4.69, 9.17) is 11.6 Å². The Morgan fingerprint density at radius 2 is 2.28 bits per heavy atom. The van der Waals surface area contributed by atoms with Crippen LogP contribution in [-0.2, 0) is 0 Å². The van der Waals surface area contributed by atoms with E-state index in [1.54, 1.807) is 12.1 Å². The highest BCUT2D eigenvalue weighted by molar-refractivity contribution is 7.18. The Morgan fingerprint density at radius 3 is 2.94 bits per heavy atom. The molecule has 3 nitrogen and oxygen atoms in total. The van der Waals surface area contributed by atoms with Crippen LogP contribution in [0, 0.1) is 11.8 Å². The van der Waals surface area contributed by atoms with Crippen molar-refractivity contribution >= 4 is 28.7 Å². The zero-order valence-electron chi connectivity index (χ0n) is 10.0. The summed E-state index contributed by atoms with van der Waals surface area (Å²) in [6, 6.07) is 3.56. The van der Waals surface area contributed by atoms with Gasteiger partial charge in [0.1, 0.15) is 0 Å². The third-order valence-corrected chi connectivity index (χ3v) is 5.38. The third-order valence-electron chi connectivity index (χ3n) is 4.11. The molecule has 98 valence electrons. The minimum atomic E-state index is -0.161. The number of rotatable bonds is 3. The lowest BCUT2D eigenvalue weighted by Gasteiger charge is -2.16. The summed E-state index contributed by atoms with van der Waals surface area (Å²) in [4.78, 5) is 15.0. The quantitative estimate of drug-likeness (QED) is 0.866. The van der Waals surface area contributed by atoms with E-state index < -0.39 is 0 Å². The molecule has 1 aliphatic heterocycles. The summed E-state index contributed by atoms with van der Waals surface area (Å²) in [5.41, 5.74) is 0. The lowest BCUT2D eigenvalue weighted by Crippen LogP contribution is -2.29. The first-order valence-corrected chi connectivity index (χ1v) is 7.52. The fraction of sp³-hybridized carbons (Fsp3) is 0.615. The molecule has 0 radical (unpaired) electrons. The molecule has 0 bridgehead atoms. The van der Waals surface area contributed by atoms with E-state index in [1.165, 1.54) is 11.3 Å². The Kier molecular flexibility index (Phi) is 3.45. The second-order valence-corrected chi connectivity index (χ2v) is 7.00. The number of fused-ring (bicyclic) bond motifs is 1. The minimum Gasteiger partial charge on any atom is -0.393 e. The zero-order valence-corrected chi connectivity index (χ0v) is 11.6. The van der Waals surface area contributed by atoms with E-state index in [-0.39, 0.29) is 11.9 Å². The van der Waals surface area contributed by atoms with Crippen LogP contribution in [0.5, 0.6) is 0 Å². The summed E-state index contributed by atoms with van der Waals surface area (Å²) in [5.74, 6) is 1.10. The number of thiophene rings is 1. The predicted octanol–water partition coefficient (Wildman–Crippen LogP) is 2.29. The number of ketones is 1. The molecule has 2 aliphatic rings. The minimum absolute atomic E-state index is 0.140. The Hall–Kier alpha value is -0.420. The van der Waals surface area contributed by atoms with Gasteiger partial charge in [-0.15, -0.1) is 11.3 Å². The summed E-state index contributed by atoms with van der Waals surface area (Å²) < 4.78 is 0.659. The van der Waals surface area contributed by atoms with Gasteiger partial charge in [0.15, 0.2) is 5.78 Å². The molecule has 1 aromatic heterocycles. The van der Waals surface area contributed by atoms with Gasteiger partial charge in [0.05, 0.1) is 21.9 Å². The molecule has 1 N–H and O–H groups in total. The second kappa shape index (κ2) is 4.93. The van der Waals surface area contributed by atoms with Gasteiger partial charge in [-0.1, -0.05) is 11.6 Å². The molecule has 2 heterocycles. The Balaban J connectivity index is 1.60. The van der Waals surface area contributed by atoms with Gasteiger partial charge in [-0.05, 0) is 30.9 Å². The molecule has 5 heteroatoms. The van der Waals surface area contributed by atoms with E-state index >= 15 is 0 Å². The van der Waals surface area contributed by atoms with Crippen molar-refractivity contribution in [2.45, 2.75) is 18.9 Å². The van der Waals surface area contributed by atoms with Crippen LogP contribution >= 0.6 is 22.9 Å². The molecular weight excluding hydrogens is 270 g/mol. The van der Waals surface area contributed by atoms with Crippen molar-refractivity contribution in [3.05, 3.63) is 21.3 Å². The summed E-state index contributed by atoms with van der Waals surface area (Å²) in [6.45, 7) is 2.26. The molecule has 2 fully saturated rings. The Labute approximate surface area is 115 Å². The average Bonchev–Trinajstić information content (AvgIpc) is 2.98. The van der Waals surface area contributed by atoms with E-state index in [2.05, 4.69) is 4.90 Å². The molecule has 0 spiro atoms. The lowest BCUT2D eigenvalue weighted by molar-refractivity contribution is 0.0923. The SMILES string of the molecule is O=C(CN1CC2CCC(O)C2C1)c1ccc(Cl)s1. The Bertz CT molecular complexity index is 462. The maximum atomic E-state index is 12.1. The molecule has 0 amide bonds. The fourth-order valence-corrected chi connectivity index (χ4v) is 4.18. The van der Waals surface area contributed by atoms with Crippen LogP contribution in [0.2, 0.25) is 4.34 Å². The van der Waals surface area contributed by atoms with Gasteiger partial charge in [-0.3, -0.25) is 9.69 Å². The predicted molar refractivity (Wildman–Crippen MR) is 72.3 cm³/mol. The van der Waals surface area contributed by atoms with Gasteiger partial charge in [-0.25, -0.2) is 0 Å². The molecule has 18 heavy (non-hydrogen) atoms. The molecule has 3 unspecified atom stereocenters. The molecule has 3 atom stereocenters. The van der Waals surface area contributed by atoms with E-state index in [9.17, 15) is 9.90 Å². The number of halogens is 1. The largest absolute Gasteiger partial charge is 0.393 e. The highest BCUT2D eigenvalue weighted by Gasteiger charge is 2.42. The summed E-state index contributed by atoms with van der Waals surface area (Å²) in [7, 11) is 0. The maximum Gasteiger partial charge on any atom is 0.186 e. The van der Waals surface area contributed by atoms with Crippen LogP contribution in [0.25, 0.3) is 0 Å². The standard InChI is InChI=1S/C13H16ClNO2S/c14-13-4-3-12(18-13)11(17)7-15-5-8-1-2-10(16)9(8)6-15/h3-4,8-10,16H,1-2,5-7H2. The maximum absolute atomic E-state index is 12.1. The number of aliphatic hydroxyl groups is 1. The van der Waals surface area contributed by atoms with Gasteiger partial charge >= 0.3 is 0 Å². The lowest BCUT2D eigenvalue weighted by atomic mass is 10.00. The number of hydrogen-bond donors (Lipinski definition) is 1. The second-order valence-electron chi connectivity index (χ2n) is 5.29. The first-order chi connectivity index (χ1) is 8.63. The van der Waals surface area contributed by atoms with Crippen LogP contribution in [0.3, 0.4) is 0 Å². The third kappa shape index (κ3) is 2.35. The monoisotopic (exact) mass is 285 g/mol. The van der Waals surface area contributed by atoms with Gasteiger partial charge < -0.3 is 5.11 Å². The molecule has 0 aromatic carbocycles. The van der Waals surface area contributed by atoms with Gasteiger partial charge in [0, 0.05) is 19.0 Å². The number of carbonyl (C=O) groups excluding carboxylic acids is 1. The van der Waals surface area contributed by atoms with Crippen LogP contribution in [0.4, 0.5) is 0 Å². The molecule has 1 saturated heterocycles. The zero-order chi connectivity index (χ0) is 12.7. The van der Waals surface area contributed by atoms with Crippen molar-refractivity contribution in [3.8, 4) is 0 Å².